The Hall–Kier alpha value is -4.51. The van der Waals surface area contributed by atoms with Gasteiger partial charge in [0, 0.05) is 37.1 Å². The molecule has 0 aliphatic rings. The number of nitrogens with zero attached hydrogens (tertiary/aromatic N) is 4. The molecule has 0 saturated heterocycles. The van der Waals surface area contributed by atoms with Crippen LogP contribution in [0.5, 0.6) is 5.75 Å². The lowest BCUT2D eigenvalue weighted by atomic mass is 10.2. The smallest absolute Gasteiger partial charge is 0.312 e. The van der Waals surface area contributed by atoms with Gasteiger partial charge in [-0.25, -0.2) is 4.98 Å². The van der Waals surface area contributed by atoms with E-state index in [1.165, 1.54) is 12.3 Å². The number of benzene rings is 4. The maximum absolute atomic E-state index is 13.7. The number of fused-ring (bicyclic) bond motifs is 2. The van der Waals surface area contributed by atoms with Gasteiger partial charge in [0.1, 0.15) is 12.2 Å². The summed E-state index contributed by atoms with van der Waals surface area (Å²) in [5, 5.41) is 18.4. The molecule has 0 amide bonds. The molecule has 4 aromatic carbocycles. The van der Waals surface area contributed by atoms with Gasteiger partial charge >= 0.3 is 5.69 Å². The fourth-order valence-electron chi connectivity index (χ4n) is 4.39. The summed E-state index contributed by atoms with van der Waals surface area (Å²) in [5.41, 5.74) is 1.12. The summed E-state index contributed by atoms with van der Waals surface area (Å²) >= 11 is 15.7. The van der Waals surface area contributed by atoms with Crippen molar-refractivity contribution in [1.82, 2.24) is 9.66 Å². The molecule has 0 N–H and O–H groups in total. The van der Waals surface area contributed by atoms with Crippen LogP contribution in [-0.2, 0) is 6.61 Å². The third kappa shape index (κ3) is 5.39. The molecule has 12 heteroatoms. The lowest BCUT2D eigenvalue weighted by molar-refractivity contribution is -0.386. The van der Waals surface area contributed by atoms with E-state index < -0.39 is 10.5 Å². The topological polar surface area (TPSA) is 113 Å². The molecular weight excluding hydrogens is 647 g/mol. The highest BCUT2D eigenvalue weighted by atomic mass is 79.9. The van der Waals surface area contributed by atoms with Crippen molar-refractivity contribution < 1.29 is 14.1 Å². The lowest BCUT2D eigenvalue weighted by Gasteiger charge is -2.12. The van der Waals surface area contributed by atoms with Crippen molar-refractivity contribution in [2.75, 3.05) is 0 Å². The van der Waals surface area contributed by atoms with Crippen LogP contribution in [0, 0.1) is 10.1 Å². The van der Waals surface area contributed by atoms with Gasteiger partial charge in [-0.2, -0.15) is 9.78 Å². The second-order valence-electron chi connectivity index (χ2n) is 9.09. The molecule has 2 aromatic heterocycles. The highest BCUT2D eigenvalue weighted by Gasteiger charge is 2.22. The van der Waals surface area contributed by atoms with Crippen LogP contribution in [0.4, 0.5) is 5.69 Å². The molecule has 0 aliphatic carbocycles. The number of nitro groups is 1. The summed E-state index contributed by atoms with van der Waals surface area (Å²) in [4.78, 5) is 29.8. The van der Waals surface area contributed by atoms with E-state index in [9.17, 15) is 14.9 Å². The van der Waals surface area contributed by atoms with Gasteiger partial charge in [-0.1, -0.05) is 69.5 Å². The van der Waals surface area contributed by atoms with Gasteiger partial charge in [0.25, 0.3) is 5.56 Å². The summed E-state index contributed by atoms with van der Waals surface area (Å²) in [6.45, 7) is -0.0345. The van der Waals surface area contributed by atoms with Crippen molar-refractivity contribution in [2.24, 2.45) is 5.10 Å². The van der Waals surface area contributed by atoms with Crippen molar-refractivity contribution in [3.05, 3.63) is 131 Å². The third-order valence-corrected chi connectivity index (χ3v) is 7.42. The van der Waals surface area contributed by atoms with E-state index in [1.807, 2.05) is 0 Å². The molecule has 2 heterocycles. The van der Waals surface area contributed by atoms with Crippen molar-refractivity contribution >= 4 is 72.9 Å². The number of furan rings is 1. The maximum Gasteiger partial charge on any atom is 0.312 e. The van der Waals surface area contributed by atoms with Crippen LogP contribution in [0.3, 0.4) is 0 Å². The third-order valence-electron chi connectivity index (χ3n) is 6.35. The van der Waals surface area contributed by atoms with Gasteiger partial charge in [0.2, 0.25) is 11.6 Å². The molecule has 0 fully saturated rings. The summed E-state index contributed by atoms with van der Waals surface area (Å²) in [7, 11) is 0. The molecule has 0 unspecified atom stereocenters. The molecule has 0 aliphatic heterocycles. The Bertz CT molecular complexity index is 2110. The van der Waals surface area contributed by atoms with Crippen molar-refractivity contribution in [2.45, 2.75) is 6.61 Å². The molecule has 6 aromatic rings. The van der Waals surface area contributed by atoms with E-state index in [-0.39, 0.29) is 35.2 Å². The van der Waals surface area contributed by atoms with Gasteiger partial charge in [-0.3, -0.25) is 14.9 Å². The van der Waals surface area contributed by atoms with Crippen LogP contribution in [0.2, 0.25) is 10.0 Å². The summed E-state index contributed by atoms with van der Waals surface area (Å²) in [6.07, 6.45) is 1.31. The zero-order chi connectivity index (χ0) is 29.4. The van der Waals surface area contributed by atoms with Crippen LogP contribution in [0.15, 0.2) is 104 Å². The van der Waals surface area contributed by atoms with Crippen LogP contribution < -0.4 is 10.3 Å². The number of rotatable bonds is 7. The standard InChI is InChI=1S/C30H17BrCl2N4O5/c31-20-11-19(28(25(14-20)37(39)40)41-16-17-5-1-3-7-23(17)33)15-34-36-29(35-24-8-4-2-6-22(24)30(36)38)27-13-18-12-21(32)9-10-26(18)42-27/h1-15H,16H2. The first-order valence-corrected chi connectivity index (χ1v) is 13.9. The first-order valence-electron chi connectivity index (χ1n) is 12.4. The maximum atomic E-state index is 13.7. The first-order chi connectivity index (χ1) is 20.3. The van der Waals surface area contributed by atoms with Gasteiger partial charge < -0.3 is 9.15 Å². The molecule has 42 heavy (non-hydrogen) atoms. The minimum Gasteiger partial charge on any atom is -0.481 e. The summed E-state index contributed by atoms with van der Waals surface area (Å²) in [6, 6.07) is 23.7. The number of ether oxygens (including phenoxy) is 1. The fourth-order valence-corrected chi connectivity index (χ4v) is 5.22. The number of aromatic nitrogens is 2. The van der Waals surface area contributed by atoms with Crippen molar-refractivity contribution in [3.8, 4) is 17.3 Å². The Morgan fingerprint density at radius 1 is 1.05 bits per heavy atom. The van der Waals surface area contributed by atoms with Gasteiger partial charge in [-0.05, 0) is 48.5 Å². The van der Waals surface area contributed by atoms with Crippen LogP contribution in [0.25, 0.3) is 33.5 Å². The first kappa shape index (κ1) is 27.6. The molecule has 0 bridgehead atoms. The largest absolute Gasteiger partial charge is 0.481 e. The SMILES string of the molecule is O=c1c2ccccc2nc(-c2cc3cc(Cl)ccc3o2)n1N=Cc1cc(Br)cc([N+](=O)[O-])c1OCc1ccccc1Cl. The predicted octanol–water partition coefficient (Wildman–Crippen LogP) is 8.25. The highest BCUT2D eigenvalue weighted by molar-refractivity contribution is 9.10. The van der Waals surface area contributed by atoms with E-state index in [2.05, 4.69) is 26.0 Å². The van der Waals surface area contributed by atoms with E-state index >= 15 is 0 Å². The Balaban J connectivity index is 1.50. The number of nitro benzene ring substituents is 1. The Morgan fingerprint density at radius 3 is 2.64 bits per heavy atom. The van der Waals surface area contributed by atoms with E-state index in [1.54, 1.807) is 78.9 Å². The van der Waals surface area contributed by atoms with Crippen LogP contribution in [-0.4, -0.2) is 20.8 Å². The summed E-state index contributed by atoms with van der Waals surface area (Å²) in [5.74, 6) is 0.363. The molecule has 9 nitrogen and oxygen atoms in total. The second kappa shape index (κ2) is 11.4. The molecule has 0 atom stereocenters. The van der Waals surface area contributed by atoms with Gasteiger partial charge in [0.15, 0.2) is 5.76 Å². The van der Waals surface area contributed by atoms with Crippen molar-refractivity contribution in [3.63, 3.8) is 0 Å². The van der Waals surface area contributed by atoms with E-state index in [0.29, 0.717) is 42.0 Å². The van der Waals surface area contributed by atoms with E-state index in [0.717, 1.165) is 4.68 Å². The average molecular weight is 664 g/mol. The highest BCUT2D eigenvalue weighted by Crippen LogP contribution is 2.35. The molecule has 208 valence electrons. The van der Waals surface area contributed by atoms with Crippen molar-refractivity contribution in [1.29, 1.82) is 0 Å². The monoisotopic (exact) mass is 662 g/mol. The number of hydrogen-bond acceptors (Lipinski definition) is 7. The second-order valence-corrected chi connectivity index (χ2v) is 10.8. The average Bonchev–Trinajstić information content (AvgIpc) is 3.39. The molecule has 0 saturated carbocycles. The van der Waals surface area contributed by atoms with E-state index in [4.69, 9.17) is 32.4 Å². The predicted molar refractivity (Wildman–Crippen MR) is 166 cm³/mol. The molecule has 0 radical (unpaired) electrons. The normalized spacial score (nSPS) is 11.5. The molecular formula is C30H17BrCl2N4O5. The number of para-hydroxylation sites is 1. The van der Waals surface area contributed by atoms with Crippen LogP contribution in [0.1, 0.15) is 11.1 Å². The van der Waals surface area contributed by atoms with Gasteiger partial charge in [-0.15, -0.1) is 0 Å². The van der Waals surface area contributed by atoms with Gasteiger partial charge in [0.05, 0.1) is 22.0 Å². The minimum atomic E-state index is -0.557. The Morgan fingerprint density at radius 2 is 1.83 bits per heavy atom. The van der Waals surface area contributed by atoms with Crippen LogP contribution >= 0.6 is 39.1 Å². The molecule has 6 rings (SSSR count). The lowest BCUT2D eigenvalue weighted by Crippen LogP contribution is -2.20. The Labute approximate surface area is 255 Å². The summed E-state index contributed by atoms with van der Waals surface area (Å²) < 4.78 is 13.4. The zero-order valence-electron chi connectivity index (χ0n) is 21.3. The molecule has 0 spiro atoms. The fraction of sp³-hybridized carbons (Fsp3) is 0.0333. The zero-order valence-corrected chi connectivity index (χ0v) is 24.4. The Kier molecular flexibility index (Phi) is 7.51. The minimum absolute atomic E-state index is 0.0345. The number of hydrogen-bond donors (Lipinski definition) is 0. The quantitative estimate of drug-likeness (QED) is 0.0966. The number of halogens is 3.